The first-order chi connectivity index (χ1) is 20.9. The van der Waals surface area contributed by atoms with Gasteiger partial charge in [-0.1, -0.05) is 6.07 Å². The summed E-state index contributed by atoms with van der Waals surface area (Å²) < 4.78 is 3.69. The van der Waals surface area contributed by atoms with Crippen LogP contribution < -0.4 is 16.4 Å². The average Bonchev–Trinajstić information content (AvgIpc) is 3.76. The van der Waals surface area contributed by atoms with Gasteiger partial charge in [-0.2, -0.15) is 5.10 Å². The first kappa shape index (κ1) is 26.0. The molecular formula is C31H26N10O2. The van der Waals surface area contributed by atoms with Gasteiger partial charge in [0.2, 0.25) is 5.91 Å². The maximum atomic E-state index is 13.0. The van der Waals surface area contributed by atoms with Crippen LogP contribution in [0, 0.1) is 0 Å². The number of nitrogens with zero attached hydrogens (tertiary/aromatic N) is 7. The van der Waals surface area contributed by atoms with Crippen molar-refractivity contribution in [3.05, 3.63) is 102 Å². The molecule has 12 heteroatoms. The van der Waals surface area contributed by atoms with Gasteiger partial charge < -0.3 is 16.4 Å². The fourth-order valence-corrected chi connectivity index (χ4v) is 5.43. The standard InChI is InChI=1S/C31H26N10O2/c1-18(42)36-26-11-6-20(17-34-26)31(43)38-24-9-5-19-16-21(7-8-22(19)24)41-29(23-4-2-13-33-28(23)32)37-25-10-12-27(39-30(25)41)40-15-3-14-35-40/h2-4,6-8,10-17,24H,5,9H2,1H3,(H2,32,33)(H,38,43)(H,34,36,42)/t24-/m0/s1. The number of hydrogen-bond acceptors (Lipinski definition) is 8. The zero-order valence-corrected chi connectivity index (χ0v) is 23.1. The number of nitrogens with one attached hydrogen (secondary N) is 2. The number of nitrogen functional groups attached to an aromatic ring is 1. The first-order valence-electron chi connectivity index (χ1n) is 13.7. The Morgan fingerprint density at radius 2 is 1.91 bits per heavy atom. The molecule has 0 bridgehead atoms. The molecule has 43 heavy (non-hydrogen) atoms. The van der Waals surface area contributed by atoms with E-state index in [0.29, 0.717) is 45.6 Å². The summed E-state index contributed by atoms with van der Waals surface area (Å²) >= 11 is 0. The van der Waals surface area contributed by atoms with E-state index >= 15 is 0 Å². The van der Waals surface area contributed by atoms with Crippen LogP contribution in [0.4, 0.5) is 11.6 Å². The van der Waals surface area contributed by atoms with Gasteiger partial charge in [0, 0.05) is 37.4 Å². The van der Waals surface area contributed by atoms with Crippen molar-refractivity contribution in [3.8, 4) is 22.9 Å². The Labute approximate surface area is 245 Å². The molecule has 1 aliphatic carbocycles. The minimum atomic E-state index is -0.228. The van der Waals surface area contributed by atoms with Crippen LogP contribution in [0.1, 0.15) is 40.9 Å². The zero-order chi connectivity index (χ0) is 29.5. The monoisotopic (exact) mass is 570 g/mol. The summed E-state index contributed by atoms with van der Waals surface area (Å²) in [7, 11) is 0. The minimum absolute atomic E-state index is 0.149. The second-order valence-electron chi connectivity index (χ2n) is 10.2. The molecule has 2 amide bonds. The molecule has 0 unspecified atom stereocenters. The number of rotatable bonds is 6. The third-order valence-electron chi connectivity index (χ3n) is 7.41. The molecule has 0 saturated carbocycles. The number of imidazole rings is 1. The second-order valence-corrected chi connectivity index (χ2v) is 10.2. The van der Waals surface area contributed by atoms with Crippen LogP contribution in [0.3, 0.4) is 0 Å². The normalized spacial score (nSPS) is 14.0. The summed E-state index contributed by atoms with van der Waals surface area (Å²) in [6.45, 7) is 1.41. The van der Waals surface area contributed by atoms with E-state index in [-0.39, 0.29) is 17.9 Å². The van der Waals surface area contributed by atoms with Crippen LogP contribution >= 0.6 is 0 Å². The van der Waals surface area contributed by atoms with Gasteiger partial charge in [0.1, 0.15) is 17.2 Å². The number of carbonyl (C=O) groups excluding carboxylic acids is 2. The summed E-state index contributed by atoms with van der Waals surface area (Å²) in [5, 5.41) is 10.1. The zero-order valence-electron chi connectivity index (χ0n) is 23.1. The molecule has 4 N–H and O–H groups in total. The SMILES string of the molecule is CC(=O)Nc1ccc(C(=O)N[C@H]2CCc3cc(-n4c(-c5cccnc5N)nc5ccc(-n6cccn6)nc54)ccc32)cn1. The molecular weight excluding hydrogens is 544 g/mol. The van der Waals surface area contributed by atoms with Crippen LogP contribution in [0.25, 0.3) is 34.1 Å². The molecule has 0 fully saturated rings. The van der Waals surface area contributed by atoms with Crippen molar-refractivity contribution in [2.75, 3.05) is 11.1 Å². The van der Waals surface area contributed by atoms with Crippen molar-refractivity contribution in [1.82, 2.24) is 39.6 Å². The smallest absolute Gasteiger partial charge is 0.253 e. The van der Waals surface area contributed by atoms with Crippen LogP contribution in [-0.2, 0) is 11.2 Å². The van der Waals surface area contributed by atoms with Crippen LogP contribution in [0.5, 0.6) is 0 Å². The number of benzene rings is 1. The number of fused-ring (bicyclic) bond motifs is 2. The molecule has 1 aliphatic rings. The number of anilines is 2. The number of aryl methyl sites for hydroxylation is 1. The number of hydrogen-bond donors (Lipinski definition) is 3. The van der Waals surface area contributed by atoms with E-state index in [4.69, 9.17) is 15.7 Å². The molecule has 5 aromatic heterocycles. The Morgan fingerprint density at radius 3 is 2.67 bits per heavy atom. The van der Waals surface area contributed by atoms with Gasteiger partial charge in [0.25, 0.3) is 5.91 Å². The Morgan fingerprint density at radius 1 is 1.00 bits per heavy atom. The quantitative estimate of drug-likeness (QED) is 0.271. The lowest BCUT2D eigenvalue weighted by Crippen LogP contribution is -2.27. The van der Waals surface area contributed by atoms with Crippen molar-refractivity contribution in [2.45, 2.75) is 25.8 Å². The highest BCUT2D eigenvalue weighted by Gasteiger charge is 2.26. The van der Waals surface area contributed by atoms with E-state index in [1.165, 1.54) is 13.1 Å². The Balaban J connectivity index is 1.24. The van der Waals surface area contributed by atoms with Gasteiger partial charge in [-0.25, -0.2) is 24.6 Å². The van der Waals surface area contributed by atoms with E-state index in [1.807, 2.05) is 53.2 Å². The van der Waals surface area contributed by atoms with Crippen molar-refractivity contribution in [1.29, 1.82) is 0 Å². The van der Waals surface area contributed by atoms with E-state index in [1.54, 1.807) is 29.2 Å². The number of amides is 2. The van der Waals surface area contributed by atoms with Gasteiger partial charge in [-0.15, -0.1) is 0 Å². The number of aromatic nitrogens is 7. The number of pyridine rings is 3. The Hall–Kier alpha value is -5.91. The molecule has 212 valence electrons. The summed E-state index contributed by atoms with van der Waals surface area (Å²) in [5.74, 6) is 1.61. The molecule has 5 heterocycles. The van der Waals surface area contributed by atoms with Gasteiger partial charge in [-0.3, -0.25) is 14.2 Å². The fraction of sp³-hybridized carbons (Fsp3) is 0.129. The maximum absolute atomic E-state index is 13.0. The third-order valence-corrected chi connectivity index (χ3v) is 7.41. The molecule has 0 saturated heterocycles. The summed E-state index contributed by atoms with van der Waals surface area (Å²) in [6.07, 6.45) is 8.20. The van der Waals surface area contributed by atoms with Crippen molar-refractivity contribution < 1.29 is 9.59 Å². The topological polar surface area (TPSA) is 159 Å². The predicted molar refractivity (Wildman–Crippen MR) is 161 cm³/mol. The summed E-state index contributed by atoms with van der Waals surface area (Å²) in [5.41, 5.74) is 11.8. The van der Waals surface area contributed by atoms with E-state index in [2.05, 4.69) is 31.8 Å². The van der Waals surface area contributed by atoms with Crippen molar-refractivity contribution in [3.63, 3.8) is 0 Å². The predicted octanol–water partition coefficient (Wildman–Crippen LogP) is 4.02. The Kier molecular flexibility index (Phi) is 6.35. The summed E-state index contributed by atoms with van der Waals surface area (Å²) in [6, 6.07) is 18.6. The maximum Gasteiger partial charge on any atom is 0.253 e. The highest BCUT2D eigenvalue weighted by atomic mass is 16.2. The molecule has 12 nitrogen and oxygen atoms in total. The van der Waals surface area contributed by atoms with Crippen LogP contribution in [0.2, 0.25) is 0 Å². The van der Waals surface area contributed by atoms with Gasteiger partial charge in [0.05, 0.1) is 17.2 Å². The Bertz CT molecular complexity index is 2000. The largest absolute Gasteiger partial charge is 0.383 e. The lowest BCUT2D eigenvalue weighted by Gasteiger charge is -2.16. The molecule has 6 aromatic rings. The fourth-order valence-electron chi connectivity index (χ4n) is 5.43. The number of nitrogens with two attached hydrogens (primary N) is 1. The second kappa shape index (κ2) is 10.5. The highest BCUT2D eigenvalue weighted by molar-refractivity contribution is 5.95. The molecule has 7 rings (SSSR count). The summed E-state index contributed by atoms with van der Waals surface area (Å²) in [4.78, 5) is 42.6. The van der Waals surface area contributed by atoms with Crippen LogP contribution in [0.15, 0.2) is 85.5 Å². The third kappa shape index (κ3) is 4.84. The molecule has 1 aromatic carbocycles. The average molecular weight is 571 g/mol. The lowest BCUT2D eigenvalue weighted by atomic mass is 10.1. The number of carbonyl (C=O) groups is 2. The van der Waals surface area contributed by atoms with Gasteiger partial charge in [0.15, 0.2) is 17.3 Å². The molecule has 0 spiro atoms. The van der Waals surface area contributed by atoms with Crippen molar-refractivity contribution in [2.24, 2.45) is 0 Å². The van der Waals surface area contributed by atoms with Gasteiger partial charge >= 0.3 is 0 Å². The molecule has 0 radical (unpaired) electrons. The lowest BCUT2D eigenvalue weighted by molar-refractivity contribution is -0.114. The first-order valence-corrected chi connectivity index (χ1v) is 13.7. The van der Waals surface area contributed by atoms with Gasteiger partial charge in [-0.05, 0) is 78.6 Å². The van der Waals surface area contributed by atoms with Crippen molar-refractivity contribution >= 4 is 34.6 Å². The van der Waals surface area contributed by atoms with E-state index in [0.717, 1.165) is 29.7 Å². The van der Waals surface area contributed by atoms with E-state index in [9.17, 15) is 9.59 Å². The molecule has 0 aliphatic heterocycles. The van der Waals surface area contributed by atoms with Crippen LogP contribution in [-0.4, -0.2) is 46.1 Å². The minimum Gasteiger partial charge on any atom is -0.383 e. The molecule has 1 atom stereocenters. The highest BCUT2D eigenvalue weighted by Crippen LogP contribution is 2.36. The van der Waals surface area contributed by atoms with E-state index < -0.39 is 0 Å².